The van der Waals surface area contributed by atoms with E-state index in [0.717, 1.165) is 12.4 Å². The minimum Gasteiger partial charge on any atom is -0.382 e. The first-order valence-electron chi connectivity index (χ1n) is 4.63. The van der Waals surface area contributed by atoms with Crippen molar-refractivity contribution < 1.29 is 4.74 Å². The molecule has 0 bridgehead atoms. The molecule has 15 heavy (non-hydrogen) atoms. The summed E-state index contributed by atoms with van der Waals surface area (Å²) in [5.41, 5.74) is 5.44. The molecule has 1 saturated heterocycles. The second kappa shape index (κ2) is 4.11. The van der Waals surface area contributed by atoms with E-state index in [1.807, 2.05) is 4.90 Å². The van der Waals surface area contributed by atoms with Crippen LogP contribution in [0.4, 0.5) is 11.6 Å². The first-order chi connectivity index (χ1) is 7.29. The molecule has 1 aromatic heterocycles. The van der Waals surface area contributed by atoms with Gasteiger partial charge in [-0.05, 0) is 0 Å². The standard InChI is InChI=1S/C9H11N5O/c10-3-7-6-14(1-2-15-7)9-5-12-8(11)4-13-9/h4-5,7H,1-2,6H2,(H2,11,12). The average Bonchev–Trinajstić information content (AvgIpc) is 2.30. The topological polar surface area (TPSA) is 88.1 Å². The molecule has 1 atom stereocenters. The van der Waals surface area contributed by atoms with Gasteiger partial charge in [0.25, 0.3) is 0 Å². The number of rotatable bonds is 1. The third-order valence-electron chi connectivity index (χ3n) is 2.19. The fourth-order valence-corrected chi connectivity index (χ4v) is 1.43. The van der Waals surface area contributed by atoms with Crippen LogP contribution in [0.3, 0.4) is 0 Å². The van der Waals surface area contributed by atoms with Crippen LogP contribution >= 0.6 is 0 Å². The molecule has 1 fully saturated rings. The highest BCUT2D eigenvalue weighted by Gasteiger charge is 2.20. The van der Waals surface area contributed by atoms with E-state index in [2.05, 4.69) is 16.0 Å². The molecule has 1 aliphatic heterocycles. The van der Waals surface area contributed by atoms with Crippen LogP contribution in [0.1, 0.15) is 0 Å². The Morgan fingerprint density at radius 1 is 1.53 bits per heavy atom. The van der Waals surface area contributed by atoms with Crippen LogP contribution in [-0.2, 0) is 4.74 Å². The zero-order valence-corrected chi connectivity index (χ0v) is 8.13. The largest absolute Gasteiger partial charge is 0.382 e. The molecular weight excluding hydrogens is 194 g/mol. The molecule has 2 N–H and O–H groups in total. The Morgan fingerprint density at radius 2 is 2.40 bits per heavy atom. The number of morpholine rings is 1. The molecule has 0 radical (unpaired) electrons. The molecule has 6 heteroatoms. The summed E-state index contributed by atoms with van der Waals surface area (Å²) in [6, 6.07) is 2.08. The van der Waals surface area contributed by atoms with E-state index in [-0.39, 0.29) is 0 Å². The van der Waals surface area contributed by atoms with Crippen LogP contribution in [-0.4, -0.2) is 35.8 Å². The van der Waals surface area contributed by atoms with Gasteiger partial charge in [-0.15, -0.1) is 0 Å². The number of nitrogens with two attached hydrogens (primary N) is 1. The van der Waals surface area contributed by atoms with Gasteiger partial charge in [-0.1, -0.05) is 0 Å². The number of aromatic nitrogens is 2. The normalized spacial score (nSPS) is 21.0. The number of nitrogens with zero attached hydrogens (tertiary/aromatic N) is 4. The predicted octanol–water partition coefficient (Wildman–Crippen LogP) is -0.212. The van der Waals surface area contributed by atoms with Crippen LogP contribution < -0.4 is 10.6 Å². The molecule has 1 aromatic rings. The maximum Gasteiger partial charge on any atom is 0.161 e. The molecule has 1 unspecified atom stereocenters. The smallest absolute Gasteiger partial charge is 0.161 e. The first-order valence-corrected chi connectivity index (χ1v) is 4.63. The van der Waals surface area contributed by atoms with Gasteiger partial charge in [0.05, 0.1) is 31.6 Å². The molecule has 2 rings (SSSR count). The van der Waals surface area contributed by atoms with Crippen molar-refractivity contribution in [1.82, 2.24) is 9.97 Å². The van der Waals surface area contributed by atoms with Crippen molar-refractivity contribution in [2.24, 2.45) is 0 Å². The van der Waals surface area contributed by atoms with Gasteiger partial charge in [0.2, 0.25) is 0 Å². The second-order valence-electron chi connectivity index (χ2n) is 3.23. The van der Waals surface area contributed by atoms with Crippen molar-refractivity contribution in [2.45, 2.75) is 6.10 Å². The Morgan fingerprint density at radius 3 is 3.07 bits per heavy atom. The zero-order valence-electron chi connectivity index (χ0n) is 8.13. The fourth-order valence-electron chi connectivity index (χ4n) is 1.43. The van der Waals surface area contributed by atoms with Crippen LogP contribution in [0.2, 0.25) is 0 Å². The van der Waals surface area contributed by atoms with Crippen molar-refractivity contribution in [2.75, 3.05) is 30.3 Å². The molecule has 0 amide bonds. The SMILES string of the molecule is N#CC1CN(c2cnc(N)cn2)CCO1. The predicted molar refractivity (Wildman–Crippen MR) is 54.0 cm³/mol. The lowest BCUT2D eigenvalue weighted by Gasteiger charge is -2.30. The molecule has 0 spiro atoms. The van der Waals surface area contributed by atoms with E-state index in [0.29, 0.717) is 19.0 Å². The molecule has 0 aliphatic carbocycles. The van der Waals surface area contributed by atoms with E-state index >= 15 is 0 Å². The van der Waals surface area contributed by atoms with Gasteiger partial charge in [-0.2, -0.15) is 5.26 Å². The lowest BCUT2D eigenvalue weighted by molar-refractivity contribution is 0.0761. The van der Waals surface area contributed by atoms with Crippen molar-refractivity contribution in [3.05, 3.63) is 12.4 Å². The highest BCUT2D eigenvalue weighted by Crippen LogP contribution is 2.13. The quantitative estimate of drug-likeness (QED) is 0.682. The van der Waals surface area contributed by atoms with Crippen molar-refractivity contribution in [3.8, 4) is 6.07 Å². The second-order valence-corrected chi connectivity index (χ2v) is 3.23. The van der Waals surface area contributed by atoms with Crippen LogP contribution in [0.15, 0.2) is 12.4 Å². The van der Waals surface area contributed by atoms with Crippen LogP contribution in [0.25, 0.3) is 0 Å². The number of ether oxygens (including phenoxy) is 1. The highest BCUT2D eigenvalue weighted by atomic mass is 16.5. The summed E-state index contributed by atoms with van der Waals surface area (Å²) in [7, 11) is 0. The Kier molecular flexibility index (Phi) is 2.65. The minimum absolute atomic E-state index is 0.391. The summed E-state index contributed by atoms with van der Waals surface area (Å²) >= 11 is 0. The zero-order chi connectivity index (χ0) is 10.7. The summed E-state index contributed by atoms with van der Waals surface area (Å²) in [5, 5.41) is 8.74. The lowest BCUT2D eigenvalue weighted by Crippen LogP contribution is -2.42. The molecule has 78 valence electrons. The summed E-state index contributed by atoms with van der Waals surface area (Å²) in [4.78, 5) is 10.1. The summed E-state index contributed by atoms with van der Waals surface area (Å²) < 4.78 is 5.23. The molecule has 0 saturated carbocycles. The maximum absolute atomic E-state index is 8.74. The van der Waals surface area contributed by atoms with Gasteiger partial charge in [0, 0.05) is 6.54 Å². The van der Waals surface area contributed by atoms with E-state index in [4.69, 9.17) is 15.7 Å². The molecular formula is C9H11N5O. The van der Waals surface area contributed by atoms with E-state index in [1.165, 1.54) is 6.20 Å². The first kappa shape index (κ1) is 9.68. The van der Waals surface area contributed by atoms with Gasteiger partial charge in [0.1, 0.15) is 11.6 Å². The van der Waals surface area contributed by atoms with Crippen molar-refractivity contribution in [3.63, 3.8) is 0 Å². The van der Waals surface area contributed by atoms with Gasteiger partial charge in [0.15, 0.2) is 6.10 Å². The monoisotopic (exact) mass is 205 g/mol. The number of hydrogen-bond acceptors (Lipinski definition) is 6. The van der Waals surface area contributed by atoms with E-state index in [9.17, 15) is 0 Å². The van der Waals surface area contributed by atoms with Crippen LogP contribution in [0.5, 0.6) is 0 Å². The minimum atomic E-state index is -0.391. The van der Waals surface area contributed by atoms with Gasteiger partial charge >= 0.3 is 0 Å². The molecule has 1 aliphatic rings. The summed E-state index contributed by atoms with van der Waals surface area (Å²) in [5.74, 6) is 1.12. The summed E-state index contributed by atoms with van der Waals surface area (Å²) in [6.45, 7) is 1.77. The Labute approximate surface area is 87.3 Å². The molecule has 0 aromatic carbocycles. The number of anilines is 2. The molecule has 6 nitrogen and oxygen atoms in total. The van der Waals surface area contributed by atoms with E-state index in [1.54, 1.807) is 6.20 Å². The Hall–Kier alpha value is -1.87. The Bertz CT molecular complexity index is 371. The molecule has 2 heterocycles. The number of hydrogen-bond donors (Lipinski definition) is 1. The van der Waals surface area contributed by atoms with Crippen molar-refractivity contribution in [1.29, 1.82) is 5.26 Å². The van der Waals surface area contributed by atoms with Crippen LogP contribution in [0, 0.1) is 11.3 Å². The number of nitrogen functional groups attached to an aromatic ring is 1. The van der Waals surface area contributed by atoms with E-state index < -0.39 is 6.10 Å². The summed E-state index contributed by atoms with van der Waals surface area (Å²) in [6.07, 6.45) is 2.72. The third kappa shape index (κ3) is 2.14. The average molecular weight is 205 g/mol. The van der Waals surface area contributed by atoms with Gasteiger partial charge in [-0.25, -0.2) is 9.97 Å². The Balaban J connectivity index is 2.10. The fraction of sp³-hybridized carbons (Fsp3) is 0.444. The maximum atomic E-state index is 8.74. The lowest BCUT2D eigenvalue weighted by atomic mass is 10.3. The highest BCUT2D eigenvalue weighted by molar-refractivity contribution is 5.40. The third-order valence-corrected chi connectivity index (χ3v) is 2.19. The number of nitriles is 1. The van der Waals surface area contributed by atoms with Crippen molar-refractivity contribution >= 4 is 11.6 Å². The van der Waals surface area contributed by atoms with Gasteiger partial charge in [-0.3, -0.25) is 0 Å². The van der Waals surface area contributed by atoms with Gasteiger partial charge < -0.3 is 15.4 Å².